The lowest BCUT2D eigenvalue weighted by atomic mass is 9.99. The molecular formula is C19H18FNO. The fraction of sp³-hybridized carbons (Fsp3) is 0.211. The van der Waals surface area contributed by atoms with Crippen LogP contribution in [0.15, 0.2) is 36.4 Å². The highest BCUT2D eigenvalue weighted by Crippen LogP contribution is 2.33. The van der Waals surface area contributed by atoms with E-state index in [1.54, 1.807) is 6.07 Å². The van der Waals surface area contributed by atoms with Crippen LogP contribution in [0.2, 0.25) is 0 Å². The highest BCUT2D eigenvalue weighted by atomic mass is 19.1. The summed E-state index contributed by atoms with van der Waals surface area (Å²) in [7, 11) is 0. The zero-order valence-corrected chi connectivity index (χ0v) is 12.9. The first kappa shape index (κ1) is 14.5. The number of carbonyl (C=O) groups excluding carboxylic acids is 1. The van der Waals surface area contributed by atoms with Gasteiger partial charge in [0.2, 0.25) is 0 Å². The lowest BCUT2D eigenvalue weighted by molar-refractivity contribution is 0.112. The first-order chi connectivity index (χ1) is 10.5. The van der Waals surface area contributed by atoms with Crippen molar-refractivity contribution in [2.75, 3.05) is 0 Å². The summed E-state index contributed by atoms with van der Waals surface area (Å²) >= 11 is 0. The molecule has 3 rings (SSSR count). The fourth-order valence-electron chi connectivity index (χ4n) is 2.80. The second-order valence-electron chi connectivity index (χ2n) is 5.92. The molecular weight excluding hydrogens is 277 g/mol. The van der Waals surface area contributed by atoms with Crippen LogP contribution in [0.25, 0.3) is 22.2 Å². The molecule has 0 atom stereocenters. The SMILES string of the molecule is Cc1ccc(F)c2c(C=O)c(-c3ccc(C(C)C)cc3)[nH]c12. The van der Waals surface area contributed by atoms with Gasteiger partial charge in [-0.15, -0.1) is 0 Å². The van der Waals surface area contributed by atoms with Crippen molar-refractivity contribution in [3.63, 3.8) is 0 Å². The highest BCUT2D eigenvalue weighted by Gasteiger charge is 2.17. The van der Waals surface area contributed by atoms with Gasteiger partial charge in [-0.1, -0.05) is 44.2 Å². The van der Waals surface area contributed by atoms with Crippen molar-refractivity contribution in [3.05, 3.63) is 58.9 Å². The second kappa shape index (κ2) is 5.41. The van der Waals surface area contributed by atoms with Crippen molar-refractivity contribution in [1.82, 2.24) is 4.98 Å². The Morgan fingerprint density at radius 3 is 2.36 bits per heavy atom. The number of carbonyl (C=O) groups is 1. The van der Waals surface area contributed by atoms with Gasteiger partial charge >= 0.3 is 0 Å². The Morgan fingerprint density at radius 1 is 1.09 bits per heavy atom. The van der Waals surface area contributed by atoms with Crippen molar-refractivity contribution in [2.24, 2.45) is 0 Å². The van der Waals surface area contributed by atoms with Crippen LogP contribution in [0.3, 0.4) is 0 Å². The number of aromatic nitrogens is 1. The minimum atomic E-state index is -0.371. The number of halogens is 1. The van der Waals surface area contributed by atoms with Gasteiger partial charge in [0.05, 0.1) is 16.8 Å². The van der Waals surface area contributed by atoms with E-state index in [1.165, 1.54) is 11.6 Å². The van der Waals surface area contributed by atoms with Crippen molar-refractivity contribution in [3.8, 4) is 11.3 Å². The number of aldehydes is 1. The number of rotatable bonds is 3. The third-order valence-electron chi connectivity index (χ3n) is 4.14. The lowest BCUT2D eigenvalue weighted by Gasteiger charge is -2.06. The first-order valence-corrected chi connectivity index (χ1v) is 7.39. The summed E-state index contributed by atoms with van der Waals surface area (Å²) < 4.78 is 14.1. The van der Waals surface area contributed by atoms with Gasteiger partial charge in [0, 0.05) is 5.39 Å². The predicted octanol–water partition coefficient (Wildman–Crippen LogP) is 5.22. The summed E-state index contributed by atoms with van der Waals surface area (Å²) in [6.45, 7) is 6.17. The third kappa shape index (κ3) is 2.23. The van der Waals surface area contributed by atoms with E-state index >= 15 is 0 Å². The van der Waals surface area contributed by atoms with Crippen LogP contribution in [0.5, 0.6) is 0 Å². The largest absolute Gasteiger partial charge is 0.354 e. The molecule has 0 amide bonds. The van der Waals surface area contributed by atoms with Gasteiger partial charge in [-0.2, -0.15) is 0 Å². The van der Waals surface area contributed by atoms with E-state index in [1.807, 2.05) is 31.2 Å². The predicted molar refractivity (Wildman–Crippen MR) is 87.9 cm³/mol. The fourth-order valence-corrected chi connectivity index (χ4v) is 2.80. The topological polar surface area (TPSA) is 32.9 Å². The summed E-state index contributed by atoms with van der Waals surface area (Å²) in [6.07, 6.45) is 0.729. The van der Waals surface area contributed by atoms with Gasteiger partial charge in [0.15, 0.2) is 6.29 Å². The van der Waals surface area contributed by atoms with Gasteiger partial charge in [0.25, 0.3) is 0 Å². The Bertz CT molecular complexity index is 844. The van der Waals surface area contributed by atoms with Gasteiger partial charge in [0.1, 0.15) is 5.82 Å². The van der Waals surface area contributed by atoms with Crippen molar-refractivity contribution in [1.29, 1.82) is 0 Å². The molecule has 2 aromatic carbocycles. The molecule has 0 unspecified atom stereocenters. The highest BCUT2D eigenvalue weighted by molar-refractivity contribution is 6.05. The maximum Gasteiger partial charge on any atom is 0.152 e. The molecule has 0 spiro atoms. The molecule has 1 N–H and O–H groups in total. The van der Waals surface area contributed by atoms with E-state index in [2.05, 4.69) is 18.8 Å². The Hall–Kier alpha value is -2.42. The second-order valence-corrected chi connectivity index (χ2v) is 5.92. The number of aromatic amines is 1. The Morgan fingerprint density at radius 2 is 1.77 bits per heavy atom. The molecule has 0 radical (unpaired) electrons. The van der Waals surface area contributed by atoms with Crippen LogP contribution >= 0.6 is 0 Å². The molecule has 22 heavy (non-hydrogen) atoms. The number of hydrogen-bond donors (Lipinski definition) is 1. The van der Waals surface area contributed by atoms with E-state index in [9.17, 15) is 9.18 Å². The van der Waals surface area contributed by atoms with E-state index in [-0.39, 0.29) is 5.82 Å². The molecule has 0 aliphatic carbocycles. The zero-order valence-electron chi connectivity index (χ0n) is 12.9. The molecule has 3 heteroatoms. The van der Waals surface area contributed by atoms with Crippen LogP contribution in [0.1, 0.15) is 41.3 Å². The van der Waals surface area contributed by atoms with Crippen LogP contribution in [0, 0.1) is 12.7 Å². The maximum atomic E-state index is 14.1. The quantitative estimate of drug-likeness (QED) is 0.660. The summed E-state index contributed by atoms with van der Waals surface area (Å²) in [6, 6.07) is 11.2. The summed E-state index contributed by atoms with van der Waals surface area (Å²) in [5.41, 5.74) is 4.79. The number of H-pyrrole nitrogens is 1. The average Bonchev–Trinajstić information content (AvgIpc) is 2.92. The molecule has 0 saturated heterocycles. The van der Waals surface area contributed by atoms with Gasteiger partial charge in [-0.25, -0.2) is 4.39 Å². The van der Waals surface area contributed by atoms with Crippen LogP contribution in [-0.4, -0.2) is 11.3 Å². The van der Waals surface area contributed by atoms with E-state index < -0.39 is 0 Å². The van der Waals surface area contributed by atoms with E-state index in [0.29, 0.717) is 28.1 Å². The first-order valence-electron chi connectivity index (χ1n) is 7.39. The molecule has 0 bridgehead atoms. The number of benzene rings is 2. The van der Waals surface area contributed by atoms with Crippen molar-refractivity contribution >= 4 is 17.2 Å². The number of hydrogen-bond acceptors (Lipinski definition) is 1. The minimum Gasteiger partial charge on any atom is -0.354 e. The van der Waals surface area contributed by atoms with Crippen molar-refractivity contribution < 1.29 is 9.18 Å². The normalized spacial score (nSPS) is 11.3. The number of aryl methyl sites for hydroxylation is 1. The minimum absolute atomic E-state index is 0.371. The van der Waals surface area contributed by atoms with Crippen LogP contribution in [0.4, 0.5) is 4.39 Å². The van der Waals surface area contributed by atoms with Crippen LogP contribution < -0.4 is 0 Å². The lowest BCUT2D eigenvalue weighted by Crippen LogP contribution is -1.89. The van der Waals surface area contributed by atoms with Gasteiger partial charge < -0.3 is 4.98 Å². The summed E-state index contributed by atoms with van der Waals surface area (Å²) in [4.78, 5) is 14.7. The standard InChI is InChI=1S/C19H18FNO/c1-11(2)13-5-7-14(8-6-13)19-15(10-22)17-16(20)9-4-12(3)18(17)21-19/h4-11,21H,1-3H3. The Labute approximate surface area is 129 Å². The average molecular weight is 295 g/mol. The number of fused-ring (bicyclic) bond motifs is 1. The number of nitrogens with one attached hydrogen (secondary N) is 1. The zero-order chi connectivity index (χ0) is 15.9. The molecule has 0 aliphatic rings. The molecule has 112 valence electrons. The smallest absolute Gasteiger partial charge is 0.152 e. The summed E-state index contributed by atoms with van der Waals surface area (Å²) in [5, 5.41) is 0.373. The van der Waals surface area contributed by atoms with Gasteiger partial charge in [-0.3, -0.25) is 4.79 Å². The summed E-state index contributed by atoms with van der Waals surface area (Å²) in [5.74, 6) is 0.0750. The molecule has 3 aromatic rings. The maximum absolute atomic E-state index is 14.1. The Balaban J connectivity index is 2.24. The molecule has 2 nitrogen and oxygen atoms in total. The molecule has 0 aliphatic heterocycles. The molecule has 0 fully saturated rings. The molecule has 0 saturated carbocycles. The van der Waals surface area contributed by atoms with E-state index in [0.717, 1.165) is 17.4 Å². The van der Waals surface area contributed by atoms with Gasteiger partial charge in [-0.05, 0) is 35.6 Å². The van der Waals surface area contributed by atoms with Crippen LogP contribution in [-0.2, 0) is 0 Å². The van der Waals surface area contributed by atoms with Crippen molar-refractivity contribution in [2.45, 2.75) is 26.7 Å². The monoisotopic (exact) mass is 295 g/mol. The molecule has 1 heterocycles. The van der Waals surface area contributed by atoms with E-state index in [4.69, 9.17) is 0 Å². The third-order valence-corrected chi connectivity index (χ3v) is 4.14. The Kier molecular flexibility index (Phi) is 3.57. The molecule has 1 aromatic heterocycles.